The van der Waals surface area contributed by atoms with Crippen LogP contribution in [-0.4, -0.2) is 60.8 Å². The highest BCUT2D eigenvalue weighted by Crippen LogP contribution is 2.22. The number of likely N-dealkylation sites (N-methyl/N-ethyl adjacent to an activating group) is 2. The predicted molar refractivity (Wildman–Crippen MR) is 111 cm³/mol. The van der Waals surface area contributed by atoms with Crippen LogP contribution in [0.5, 0.6) is 0 Å². The summed E-state index contributed by atoms with van der Waals surface area (Å²) in [5, 5.41) is 15.1. The lowest BCUT2D eigenvalue weighted by atomic mass is 9.96. The molecule has 0 unspecified atom stereocenters. The van der Waals surface area contributed by atoms with Crippen LogP contribution in [0.25, 0.3) is 11.1 Å². The number of carbonyl (C=O) groups is 3. The van der Waals surface area contributed by atoms with E-state index in [9.17, 15) is 14.4 Å². The Morgan fingerprint density at radius 3 is 2.03 bits per heavy atom. The lowest BCUT2D eigenvalue weighted by Gasteiger charge is -2.34. The number of hydrogen-bond acceptors (Lipinski definition) is 6. The van der Waals surface area contributed by atoms with E-state index in [4.69, 9.17) is 5.21 Å². The van der Waals surface area contributed by atoms with E-state index in [1.165, 1.54) is 33.6 Å². The molecule has 0 saturated heterocycles. The van der Waals surface area contributed by atoms with Crippen molar-refractivity contribution in [2.75, 3.05) is 21.2 Å². The van der Waals surface area contributed by atoms with E-state index in [1.807, 2.05) is 24.3 Å². The van der Waals surface area contributed by atoms with Crippen molar-refractivity contribution in [2.24, 2.45) is 5.16 Å². The number of hydrogen-bond donors (Lipinski definition) is 3. The summed E-state index contributed by atoms with van der Waals surface area (Å²) in [5.41, 5.74) is 2.49. The van der Waals surface area contributed by atoms with Gasteiger partial charge < -0.3 is 15.1 Å². The van der Waals surface area contributed by atoms with Crippen molar-refractivity contribution in [1.82, 2.24) is 15.7 Å². The highest BCUT2D eigenvalue weighted by molar-refractivity contribution is 6.12. The van der Waals surface area contributed by atoms with E-state index in [1.54, 1.807) is 30.5 Å². The maximum absolute atomic E-state index is 12.9. The molecule has 0 heterocycles. The molecule has 1 atom stereocenters. The van der Waals surface area contributed by atoms with E-state index in [-0.39, 0.29) is 5.56 Å². The zero-order valence-corrected chi connectivity index (χ0v) is 17.2. The lowest BCUT2D eigenvalue weighted by molar-refractivity contribution is -0.148. The van der Waals surface area contributed by atoms with Crippen molar-refractivity contribution in [3.8, 4) is 11.1 Å². The van der Waals surface area contributed by atoms with Gasteiger partial charge in [-0.2, -0.15) is 0 Å². The third-order valence-corrected chi connectivity index (χ3v) is 4.87. The van der Waals surface area contributed by atoms with Gasteiger partial charge in [-0.05, 0) is 35.7 Å². The Hall–Kier alpha value is -3.72. The molecule has 0 aliphatic rings. The van der Waals surface area contributed by atoms with Crippen molar-refractivity contribution < 1.29 is 24.4 Å². The normalized spacial score (nSPS) is 12.7. The summed E-state index contributed by atoms with van der Waals surface area (Å²) >= 11 is 0. The van der Waals surface area contributed by atoms with Crippen LogP contribution in [0, 0.1) is 0 Å². The van der Waals surface area contributed by atoms with E-state index >= 15 is 0 Å². The summed E-state index contributed by atoms with van der Waals surface area (Å²) in [7, 11) is 4.13. The van der Waals surface area contributed by atoms with Crippen LogP contribution in [0.1, 0.15) is 22.8 Å². The molecule has 3 N–H and O–H groups in total. The fraction of sp³-hybridized carbons (Fsp3) is 0.238. The Morgan fingerprint density at radius 2 is 1.57 bits per heavy atom. The Balaban J connectivity index is 2.26. The predicted octanol–water partition coefficient (Wildman–Crippen LogP) is 1.42. The maximum Gasteiger partial charge on any atom is 0.278 e. The number of hydroxylamine groups is 1. The van der Waals surface area contributed by atoms with Crippen molar-refractivity contribution in [3.63, 3.8) is 0 Å². The van der Waals surface area contributed by atoms with Gasteiger partial charge in [0, 0.05) is 19.7 Å². The van der Waals surface area contributed by atoms with Gasteiger partial charge in [0.25, 0.3) is 17.7 Å². The largest absolute Gasteiger partial charge is 0.399 e. The number of nitrogens with one attached hydrogen (secondary N) is 2. The van der Waals surface area contributed by atoms with Crippen molar-refractivity contribution in [3.05, 3.63) is 59.7 Å². The van der Waals surface area contributed by atoms with Gasteiger partial charge >= 0.3 is 0 Å². The molecule has 0 spiro atoms. The van der Waals surface area contributed by atoms with Crippen LogP contribution < -0.4 is 10.8 Å². The highest BCUT2D eigenvalue weighted by atomic mass is 16.6. The average molecular weight is 412 g/mol. The second-order valence-corrected chi connectivity index (χ2v) is 6.57. The summed E-state index contributed by atoms with van der Waals surface area (Å²) in [5.74, 6) is -2.31. The van der Waals surface area contributed by atoms with Gasteiger partial charge in [-0.15, -0.1) is 0 Å². The van der Waals surface area contributed by atoms with Gasteiger partial charge in [0.15, 0.2) is 5.54 Å². The minimum Gasteiger partial charge on any atom is -0.399 e. The fourth-order valence-corrected chi connectivity index (χ4v) is 2.84. The van der Waals surface area contributed by atoms with Gasteiger partial charge in [0.05, 0.1) is 6.21 Å². The molecule has 2 rings (SSSR count). The standard InChI is InChI=1S/C21H24N4O5/c1-21(19(27)22-2,20(28)24-29)25(3)18(26)17-11-9-16(10-12-17)15-7-5-14(6-8-15)13-23-30-4/h5-13,29H,1-4H3,(H,22,27)(H,24,28)/b23-13+/t21-/m0/s1. The van der Waals surface area contributed by atoms with Crippen LogP contribution in [0.3, 0.4) is 0 Å². The molecule has 3 amide bonds. The van der Waals surface area contributed by atoms with Crippen molar-refractivity contribution in [1.29, 1.82) is 0 Å². The molecule has 9 nitrogen and oxygen atoms in total. The molecular weight excluding hydrogens is 388 g/mol. The highest BCUT2D eigenvalue weighted by Gasteiger charge is 2.47. The third kappa shape index (κ3) is 4.47. The van der Waals surface area contributed by atoms with E-state index in [0.29, 0.717) is 0 Å². The van der Waals surface area contributed by atoms with Gasteiger partial charge in [0.1, 0.15) is 7.11 Å². The maximum atomic E-state index is 12.9. The van der Waals surface area contributed by atoms with Gasteiger partial charge in [-0.3, -0.25) is 19.6 Å². The van der Waals surface area contributed by atoms with Crippen LogP contribution in [-0.2, 0) is 14.4 Å². The van der Waals surface area contributed by atoms with Crippen LogP contribution >= 0.6 is 0 Å². The smallest absolute Gasteiger partial charge is 0.278 e. The molecule has 0 fully saturated rings. The number of amides is 3. The zero-order valence-electron chi connectivity index (χ0n) is 17.2. The Kier molecular flexibility index (Phi) is 7.27. The van der Waals surface area contributed by atoms with Crippen LogP contribution in [0.4, 0.5) is 0 Å². The van der Waals surface area contributed by atoms with Gasteiger partial charge in [0.2, 0.25) is 0 Å². The summed E-state index contributed by atoms with van der Waals surface area (Å²) in [6, 6.07) is 14.3. The summed E-state index contributed by atoms with van der Waals surface area (Å²) < 4.78 is 0. The van der Waals surface area contributed by atoms with Crippen LogP contribution in [0.2, 0.25) is 0 Å². The first-order chi connectivity index (χ1) is 14.3. The molecule has 2 aromatic carbocycles. The number of benzene rings is 2. The first-order valence-corrected chi connectivity index (χ1v) is 9.01. The Bertz CT molecular complexity index is 923. The number of carbonyl (C=O) groups excluding carboxylic acids is 3. The van der Waals surface area contributed by atoms with Crippen molar-refractivity contribution in [2.45, 2.75) is 12.5 Å². The molecule has 30 heavy (non-hydrogen) atoms. The topological polar surface area (TPSA) is 120 Å². The number of nitrogens with zero attached hydrogens (tertiary/aromatic N) is 2. The van der Waals surface area contributed by atoms with Crippen molar-refractivity contribution >= 4 is 23.9 Å². The molecule has 158 valence electrons. The zero-order chi connectivity index (χ0) is 22.3. The number of oxime groups is 1. The minimum atomic E-state index is -1.93. The van der Waals surface area contributed by atoms with E-state index in [2.05, 4.69) is 15.3 Å². The van der Waals surface area contributed by atoms with Gasteiger partial charge in [-0.25, -0.2) is 5.48 Å². The monoisotopic (exact) mass is 412 g/mol. The quantitative estimate of drug-likeness (QED) is 0.275. The molecule has 0 radical (unpaired) electrons. The van der Waals surface area contributed by atoms with E-state index < -0.39 is 23.3 Å². The first kappa shape index (κ1) is 22.6. The van der Waals surface area contributed by atoms with Crippen LogP contribution in [0.15, 0.2) is 53.7 Å². The summed E-state index contributed by atoms with van der Waals surface area (Å²) in [4.78, 5) is 42.9. The molecule has 0 saturated carbocycles. The SMILES string of the molecule is CNC(=O)[C@@](C)(C(=O)NO)N(C)C(=O)c1ccc(-c2ccc(/C=N/OC)cc2)cc1. The molecule has 0 bridgehead atoms. The first-order valence-electron chi connectivity index (χ1n) is 9.01. The third-order valence-electron chi connectivity index (χ3n) is 4.87. The molecule has 9 heteroatoms. The molecule has 0 aromatic heterocycles. The second-order valence-electron chi connectivity index (χ2n) is 6.57. The fourth-order valence-electron chi connectivity index (χ4n) is 2.84. The second kappa shape index (κ2) is 9.66. The number of rotatable bonds is 7. The molecule has 0 aliphatic heterocycles. The molecule has 2 aromatic rings. The minimum absolute atomic E-state index is 0.283. The van der Waals surface area contributed by atoms with E-state index in [0.717, 1.165) is 21.6 Å². The Morgan fingerprint density at radius 1 is 1.03 bits per heavy atom. The van der Waals surface area contributed by atoms with Gasteiger partial charge in [-0.1, -0.05) is 41.6 Å². The Labute approximate surface area is 174 Å². The molecule has 0 aliphatic carbocycles. The summed E-state index contributed by atoms with van der Waals surface area (Å²) in [6.07, 6.45) is 1.59. The average Bonchev–Trinajstić information content (AvgIpc) is 2.80. The summed E-state index contributed by atoms with van der Waals surface area (Å²) in [6.45, 7) is 1.25. The lowest BCUT2D eigenvalue weighted by Crippen LogP contribution is -2.64. The molecular formula is C21H24N4O5.